The summed E-state index contributed by atoms with van der Waals surface area (Å²) in [6.07, 6.45) is 2.80. The van der Waals surface area contributed by atoms with E-state index < -0.39 is 0 Å². The first-order chi connectivity index (χ1) is 13.9. The largest absolute Gasteiger partial charge is 0.369 e. The lowest BCUT2D eigenvalue weighted by Crippen LogP contribution is -2.60. The maximum atomic E-state index is 13.4. The average molecular weight is 395 g/mol. The van der Waals surface area contributed by atoms with Crippen molar-refractivity contribution in [3.8, 4) is 0 Å². The summed E-state index contributed by atoms with van der Waals surface area (Å²) in [6, 6.07) is 14.3. The van der Waals surface area contributed by atoms with Gasteiger partial charge in [0.2, 0.25) is 0 Å². The van der Waals surface area contributed by atoms with Gasteiger partial charge >= 0.3 is 0 Å². The van der Waals surface area contributed by atoms with Crippen LogP contribution in [0.1, 0.15) is 50.0 Å². The molecule has 1 aromatic heterocycles. The molecule has 0 aliphatic carbocycles. The summed E-state index contributed by atoms with van der Waals surface area (Å²) in [4.78, 5) is 22.3. The minimum Gasteiger partial charge on any atom is -0.369 e. The first-order valence-corrected chi connectivity index (χ1v) is 10.6. The Bertz CT molecular complexity index is 804. The zero-order valence-electron chi connectivity index (χ0n) is 18.2. The summed E-state index contributed by atoms with van der Waals surface area (Å²) in [5, 5.41) is 3.36. The SMILES string of the molecule is CC(C)CCNc1ncccc1C(=O)N1CCN(Cc2ccccc2)CC1(C)C. The van der Waals surface area contributed by atoms with Gasteiger partial charge in [0, 0.05) is 38.9 Å². The predicted molar refractivity (Wildman–Crippen MR) is 119 cm³/mol. The van der Waals surface area contributed by atoms with Gasteiger partial charge in [-0.25, -0.2) is 4.98 Å². The third-order valence-electron chi connectivity index (χ3n) is 5.53. The molecular weight excluding hydrogens is 360 g/mol. The fourth-order valence-electron chi connectivity index (χ4n) is 3.95. The molecule has 29 heavy (non-hydrogen) atoms. The van der Waals surface area contributed by atoms with E-state index in [1.165, 1.54) is 5.56 Å². The Labute approximate surface area is 175 Å². The molecule has 0 spiro atoms. The minimum atomic E-state index is -0.241. The Hall–Kier alpha value is -2.40. The molecule has 1 aromatic carbocycles. The number of amides is 1. The van der Waals surface area contributed by atoms with Crippen LogP contribution in [0.25, 0.3) is 0 Å². The van der Waals surface area contributed by atoms with Crippen molar-refractivity contribution in [3.05, 3.63) is 59.8 Å². The zero-order chi connectivity index (χ0) is 20.9. The summed E-state index contributed by atoms with van der Waals surface area (Å²) < 4.78 is 0. The van der Waals surface area contributed by atoms with Gasteiger partial charge in [0.15, 0.2) is 0 Å². The summed E-state index contributed by atoms with van der Waals surface area (Å²) >= 11 is 0. The van der Waals surface area contributed by atoms with Crippen molar-refractivity contribution in [1.29, 1.82) is 0 Å². The van der Waals surface area contributed by atoms with Crippen LogP contribution in [0.3, 0.4) is 0 Å². The van der Waals surface area contributed by atoms with Crippen molar-refractivity contribution in [2.24, 2.45) is 5.92 Å². The summed E-state index contributed by atoms with van der Waals surface area (Å²) in [6.45, 7) is 12.9. The number of nitrogens with one attached hydrogen (secondary N) is 1. The van der Waals surface area contributed by atoms with Crippen LogP contribution in [-0.4, -0.2) is 52.4 Å². The maximum absolute atomic E-state index is 13.4. The molecule has 1 aliphatic rings. The topological polar surface area (TPSA) is 48.5 Å². The molecule has 2 heterocycles. The highest BCUT2D eigenvalue weighted by Crippen LogP contribution is 2.26. The van der Waals surface area contributed by atoms with Crippen molar-refractivity contribution >= 4 is 11.7 Å². The molecule has 156 valence electrons. The Balaban J connectivity index is 1.69. The van der Waals surface area contributed by atoms with Gasteiger partial charge in [-0.15, -0.1) is 0 Å². The van der Waals surface area contributed by atoms with E-state index in [0.29, 0.717) is 17.3 Å². The lowest BCUT2D eigenvalue weighted by Gasteiger charge is -2.47. The van der Waals surface area contributed by atoms with E-state index in [2.05, 4.69) is 67.2 Å². The summed E-state index contributed by atoms with van der Waals surface area (Å²) in [5.74, 6) is 1.37. The fraction of sp³-hybridized carbons (Fsp3) is 0.500. The standard InChI is InChI=1S/C24H34N4O/c1-19(2)12-14-26-22-21(11-8-13-25-22)23(29)28-16-15-27(18-24(28,3)4)17-20-9-6-5-7-10-20/h5-11,13,19H,12,14-18H2,1-4H3,(H,25,26). The molecule has 3 rings (SSSR count). The number of anilines is 1. The average Bonchev–Trinajstić information content (AvgIpc) is 2.68. The van der Waals surface area contributed by atoms with Gasteiger partial charge in [-0.3, -0.25) is 9.69 Å². The molecule has 1 fully saturated rings. The quantitative estimate of drug-likeness (QED) is 0.762. The highest BCUT2D eigenvalue weighted by Gasteiger charge is 2.37. The van der Waals surface area contributed by atoms with Crippen LogP contribution in [0, 0.1) is 5.92 Å². The van der Waals surface area contributed by atoms with Gasteiger partial charge < -0.3 is 10.2 Å². The number of nitrogens with zero attached hydrogens (tertiary/aromatic N) is 3. The highest BCUT2D eigenvalue weighted by atomic mass is 16.2. The van der Waals surface area contributed by atoms with Crippen molar-refractivity contribution in [1.82, 2.24) is 14.8 Å². The number of hydrogen-bond donors (Lipinski definition) is 1. The summed E-state index contributed by atoms with van der Waals surface area (Å²) in [5.41, 5.74) is 1.74. The minimum absolute atomic E-state index is 0.0644. The maximum Gasteiger partial charge on any atom is 0.258 e. The van der Waals surface area contributed by atoms with Crippen LogP contribution < -0.4 is 5.32 Å². The number of hydrogen-bond acceptors (Lipinski definition) is 4. The van der Waals surface area contributed by atoms with Crippen LogP contribution in [-0.2, 0) is 6.54 Å². The fourth-order valence-corrected chi connectivity index (χ4v) is 3.95. The van der Waals surface area contributed by atoms with E-state index in [4.69, 9.17) is 0 Å². The van der Waals surface area contributed by atoms with Crippen LogP contribution in [0.5, 0.6) is 0 Å². The normalized spacial score (nSPS) is 16.8. The second kappa shape index (κ2) is 9.40. The molecule has 0 unspecified atom stereocenters. The Morgan fingerprint density at radius 1 is 1.14 bits per heavy atom. The van der Waals surface area contributed by atoms with Crippen LogP contribution in [0.15, 0.2) is 48.7 Å². The Kier molecular flexibility index (Phi) is 6.91. The number of carbonyl (C=O) groups excluding carboxylic acids is 1. The molecular formula is C24H34N4O. The molecule has 0 saturated carbocycles. The van der Waals surface area contributed by atoms with E-state index >= 15 is 0 Å². The van der Waals surface area contributed by atoms with Gasteiger partial charge in [-0.1, -0.05) is 44.2 Å². The van der Waals surface area contributed by atoms with E-state index in [9.17, 15) is 4.79 Å². The molecule has 1 amide bonds. The number of benzene rings is 1. The van der Waals surface area contributed by atoms with E-state index in [1.54, 1.807) is 6.20 Å². The van der Waals surface area contributed by atoms with Gasteiger partial charge in [-0.2, -0.15) is 0 Å². The Morgan fingerprint density at radius 3 is 2.59 bits per heavy atom. The second-order valence-corrected chi connectivity index (χ2v) is 8.97. The van der Waals surface area contributed by atoms with Crippen molar-refractivity contribution in [2.75, 3.05) is 31.5 Å². The lowest BCUT2D eigenvalue weighted by atomic mass is 9.97. The first kappa shape index (κ1) is 21.3. The van der Waals surface area contributed by atoms with Crippen LogP contribution in [0.4, 0.5) is 5.82 Å². The smallest absolute Gasteiger partial charge is 0.258 e. The summed E-state index contributed by atoms with van der Waals surface area (Å²) in [7, 11) is 0. The number of pyridine rings is 1. The van der Waals surface area contributed by atoms with Gasteiger partial charge in [0.1, 0.15) is 5.82 Å². The molecule has 0 bridgehead atoms. The zero-order valence-corrected chi connectivity index (χ0v) is 18.2. The van der Waals surface area contributed by atoms with E-state index in [0.717, 1.165) is 39.1 Å². The molecule has 1 N–H and O–H groups in total. The lowest BCUT2D eigenvalue weighted by molar-refractivity contribution is 0.0159. The van der Waals surface area contributed by atoms with Crippen molar-refractivity contribution < 1.29 is 4.79 Å². The third-order valence-corrected chi connectivity index (χ3v) is 5.53. The third kappa shape index (κ3) is 5.57. The van der Waals surface area contributed by atoms with E-state index in [1.807, 2.05) is 23.1 Å². The predicted octanol–water partition coefficient (Wildman–Crippen LogP) is 4.28. The van der Waals surface area contributed by atoms with Crippen molar-refractivity contribution in [2.45, 2.75) is 46.2 Å². The highest BCUT2D eigenvalue weighted by molar-refractivity contribution is 5.99. The van der Waals surface area contributed by atoms with Gasteiger partial charge in [-0.05, 0) is 43.9 Å². The van der Waals surface area contributed by atoms with Crippen molar-refractivity contribution in [3.63, 3.8) is 0 Å². The number of aromatic nitrogens is 1. The molecule has 1 aliphatic heterocycles. The number of piperazine rings is 1. The van der Waals surface area contributed by atoms with Gasteiger partial charge in [0.25, 0.3) is 5.91 Å². The number of carbonyl (C=O) groups is 1. The molecule has 0 radical (unpaired) electrons. The molecule has 5 heteroatoms. The van der Waals surface area contributed by atoms with Crippen LogP contribution in [0.2, 0.25) is 0 Å². The molecule has 5 nitrogen and oxygen atoms in total. The first-order valence-electron chi connectivity index (χ1n) is 10.6. The molecule has 2 aromatic rings. The van der Waals surface area contributed by atoms with Crippen LogP contribution >= 0.6 is 0 Å². The van der Waals surface area contributed by atoms with E-state index in [-0.39, 0.29) is 11.4 Å². The molecule has 0 atom stereocenters. The molecule has 1 saturated heterocycles. The Morgan fingerprint density at radius 2 is 1.90 bits per heavy atom. The number of rotatable bonds is 7. The second-order valence-electron chi connectivity index (χ2n) is 8.97. The van der Waals surface area contributed by atoms with Gasteiger partial charge in [0.05, 0.1) is 11.1 Å². The monoisotopic (exact) mass is 394 g/mol.